The van der Waals surface area contributed by atoms with Crippen LogP contribution in [0.25, 0.3) is 0 Å². The summed E-state index contributed by atoms with van der Waals surface area (Å²) >= 11 is 0. The van der Waals surface area contributed by atoms with E-state index in [-0.39, 0.29) is 12.1 Å². The topological polar surface area (TPSA) is 49.5 Å². The molecule has 0 amide bonds. The normalized spacial score (nSPS) is 27.0. The minimum atomic E-state index is -0.311. The van der Waals surface area contributed by atoms with Gasteiger partial charge in [-0.15, -0.1) is 0 Å². The molecule has 0 spiro atoms. The van der Waals surface area contributed by atoms with Crippen LogP contribution in [0.3, 0.4) is 0 Å². The number of aliphatic hydroxyl groups is 1. The maximum Gasteiger partial charge on any atom is 0.0624 e. The van der Waals surface area contributed by atoms with Crippen LogP contribution < -0.4 is 5.73 Å². The van der Waals surface area contributed by atoms with Gasteiger partial charge in [0, 0.05) is 6.54 Å². The average Bonchev–Trinajstić information content (AvgIpc) is 2.54. The maximum atomic E-state index is 8.79. The molecule has 0 aromatic rings. The van der Waals surface area contributed by atoms with Crippen LogP contribution in [0.5, 0.6) is 0 Å². The molecule has 3 heteroatoms. The third-order valence-corrected chi connectivity index (χ3v) is 1.89. The number of likely N-dealkylation sites (tertiary alicyclic amines) is 1. The Labute approximate surface area is 82.9 Å². The van der Waals surface area contributed by atoms with E-state index in [4.69, 9.17) is 10.8 Å². The second-order valence-electron chi connectivity index (χ2n) is 3.01. The molecule has 1 atom stereocenters. The highest BCUT2D eigenvalue weighted by molar-refractivity contribution is 4.92. The van der Waals surface area contributed by atoms with Crippen LogP contribution in [0, 0.1) is 0 Å². The molecule has 0 radical (unpaired) electrons. The first-order chi connectivity index (χ1) is 6.16. The molecule has 1 unspecified atom stereocenters. The van der Waals surface area contributed by atoms with Crippen molar-refractivity contribution in [3.05, 3.63) is 0 Å². The lowest BCUT2D eigenvalue weighted by Gasteiger charge is -2.19. The van der Waals surface area contributed by atoms with Gasteiger partial charge in [-0.2, -0.15) is 0 Å². The molecule has 1 aliphatic heterocycles. The number of nitrogens with two attached hydrogens (primary N) is 1. The molecule has 1 rings (SSSR count). The number of likely N-dealkylation sites (N-methyl/N-ethyl adjacent to an activating group) is 1. The van der Waals surface area contributed by atoms with Crippen LogP contribution in [0.4, 0.5) is 0 Å². The summed E-state index contributed by atoms with van der Waals surface area (Å²) in [6.07, 6.45) is 0.917. The molecule has 0 saturated carbocycles. The van der Waals surface area contributed by atoms with Crippen molar-refractivity contribution < 1.29 is 5.11 Å². The van der Waals surface area contributed by atoms with E-state index in [2.05, 4.69) is 4.90 Å². The van der Waals surface area contributed by atoms with Crippen LogP contribution in [0.2, 0.25) is 0 Å². The van der Waals surface area contributed by atoms with E-state index in [0.29, 0.717) is 0 Å². The van der Waals surface area contributed by atoms with Gasteiger partial charge in [-0.3, -0.25) is 0 Å². The van der Waals surface area contributed by atoms with Crippen LogP contribution in [-0.2, 0) is 0 Å². The molecule has 0 bridgehead atoms. The Hall–Kier alpha value is -0.120. The minimum Gasteiger partial charge on any atom is -0.394 e. The SMILES string of the molecule is CC.CC.CN1CCC(N)(CO)C1. The van der Waals surface area contributed by atoms with E-state index in [1.165, 1.54) is 0 Å². The summed E-state index contributed by atoms with van der Waals surface area (Å²) in [4.78, 5) is 2.14. The summed E-state index contributed by atoms with van der Waals surface area (Å²) < 4.78 is 0. The fraction of sp³-hybridized carbons (Fsp3) is 1.00. The van der Waals surface area contributed by atoms with E-state index in [1.807, 2.05) is 34.7 Å². The Morgan fingerprint density at radius 2 is 1.77 bits per heavy atom. The molecular formula is C10H26N2O. The van der Waals surface area contributed by atoms with Gasteiger partial charge < -0.3 is 15.7 Å². The van der Waals surface area contributed by atoms with Crippen molar-refractivity contribution in [1.29, 1.82) is 0 Å². The summed E-state index contributed by atoms with van der Waals surface area (Å²) in [6.45, 7) is 9.94. The van der Waals surface area contributed by atoms with Gasteiger partial charge in [0.1, 0.15) is 0 Å². The molecule has 1 fully saturated rings. The lowest BCUT2D eigenvalue weighted by Crippen LogP contribution is -2.45. The van der Waals surface area contributed by atoms with Gasteiger partial charge in [0.15, 0.2) is 0 Å². The highest BCUT2D eigenvalue weighted by atomic mass is 16.3. The van der Waals surface area contributed by atoms with Crippen molar-refractivity contribution in [3.8, 4) is 0 Å². The highest BCUT2D eigenvalue weighted by Crippen LogP contribution is 2.15. The number of rotatable bonds is 1. The lowest BCUT2D eigenvalue weighted by atomic mass is 10.0. The monoisotopic (exact) mass is 190 g/mol. The summed E-state index contributed by atoms with van der Waals surface area (Å²) in [7, 11) is 2.02. The Morgan fingerprint density at radius 3 is 1.92 bits per heavy atom. The standard InChI is InChI=1S/C6H14N2O.2C2H6/c1-8-3-2-6(7,4-8)5-9;2*1-2/h9H,2-5,7H2,1H3;2*1-2H3. The molecule has 82 valence electrons. The Kier molecular flexibility index (Phi) is 10.0. The molecule has 1 saturated heterocycles. The Bertz CT molecular complexity index is 109. The zero-order valence-electron chi connectivity index (χ0n) is 9.80. The van der Waals surface area contributed by atoms with Crippen molar-refractivity contribution in [2.45, 2.75) is 39.7 Å². The van der Waals surface area contributed by atoms with Crippen molar-refractivity contribution in [1.82, 2.24) is 4.90 Å². The zero-order valence-corrected chi connectivity index (χ0v) is 9.80. The third kappa shape index (κ3) is 6.02. The summed E-state index contributed by atoms with van der Waals surface area (Å²) in [5.74, 6) is 0. The van der Waals surface area contributed by atoms with Crippen molar-refractivity contribution in [3.63, 3.8) is 0 Å². The van der Waals surface area contributed by atoms with Crippen LogP contribution in [0.1, 0.15) is 34.1 Å². The van der Waals surface area contributed by atoms with Gasteiger partial charge in [0.2, 0.25) is 0 Å². The predicted octanol–water partition coefficient (Wildman–Crippen LogP) is 1.06. The van der Waals surface area contributed by atoms with Gasteiger partial charge in [0.05, 0.1) is 12.1 Å². The van der Waals surface area contributed by atoms with E-state index in [9.17, 15) is 0 Å². The van der Waals surface area contributed by atoms with Crippen LogP contribution in [0.15, 0.2) is 0 Å². The Balaban J connectivity index is 0. The third-order valence-electron chi connectivity index (χ3n) is 1.89. The number of nitrogens with zero attached hydrogens (tertiary/aromatic N) is 1. The second-order valence-corrected chi connectivity index (χ2v) is 3.01. The molecule has 13 heavy (non-hydrogen) atoms. The first-order valence-electron chi connectivity index (χ1n) is 5.25. The van der Waals surface area contributed by atoms with Crippen molar-refractivity contribution >= 4 is 0 Å². The highest BCUT2D eigenvalue weighted by Gasteiger charge is 2.31. The predicted molar refractivity (Wildman–Crippen MR) is 58.8 cm³/mol. The zero-order chi connectivity index (χ0) is 10.9. The number of hydrogen-bond donors (Lipinski definition) is 2. The van der Waals surface area contributed by atoms with Gasteiger partial charge in [0.25, 0.3) is 0 Å². The molecule has 1 heterocycles. The number of hydrogen-bond acceptors (Lipinski definition) is 3. The molecule has 3 nitrogen and oxygen atoms in total. The first-order valence-corrected chi connectivity index (χ1v) is 5.25. The molecule has 3 N–H and O–H groups in total. The second kappa shape index (κ2) is 8.48. The van der Waals surface area contributed by atoms with Gasteiger partial charge in [-0.25, -0.2) is 0 Å². The Morgan fingerprint density at radius 1 is 1.31 bits per heavy atom. The minimum absolute atomic E-state index is 0.108. The van der Waals surface area contributed by atoms with E-state index in [1.54, 1.807) is 0 Å². The van der Waals surface area contributed by atoms with Gasteiger partial charge in [-0.05, 0) is 20.0 Å². The van der Waals surface area contributed by atoms with Gasteiger partial charge >= 0.3 is 0 Å². The molecule has 0 aromatic carbocycles. The summed E-state index contributed by atoms with van der Waals surface area (Å²) in [5, 5.41) is 8.79. The largest absolute Gasteiger partial charge is 0.394 e. The fourth-order valence-corrected chi connectivity index (χ4v) is 1.24. The number of aliphatic hydroxyl groups excluding tert-OH is 1. The smallest absolute Gasteiger partial charge is 0.0624 e. The molecular weight excluding hydrogens is 164 g/mol. The lowest BCUT2D eigenvalue weighted by molar-refractivity contribution is 0.198. The van der Waals surface area contributed by atoms with Crippen LogP contribution >= 0.6 is 0 Å². The molecule has 0 aromatic heterocycles. The summed E-state index contributed by atoms with van der Waals surface area (Å²) in [6, 6.07) is 0. The first kappa shape index (κ1) is 15.4. The van der Waals surface area contributed by atoms with Crippen molar-refractivity contribution in [2.24, 2.45) is 5.73 Å². The maximum absolute atomic E-state index is 8.79. The molecule has 0 aliphatic carbocycles. The quantitative estimate of drug-likeness (QED) is 0.650. The van der Waals surface area contributed by atoms with Crippen LogP contribution in [-0.4, -0.2) is 42.3 Å². The molecule has 1 aliphatic rings. The van der Waals surface area contributed by atoms with Gasteiger partial charge in [-0.1, -0.05) is 27.7 Å². The van der Waals surface area contributed by atoms with Crippen molar-refractivity contribution in [2.75, 3.05) is 26.7 Å². The van der Waals surface area contributed by atoms with E-state index < -0.39 is 0 Å². The van der Waals surface area contributed by atoms with E-state index in [0.717, 1.165) is 19.5 Å². The summed E-state index contributed by atoms with van der Waals surface area (Å²) in [5.41, 5.74) is 5.45. The fourth-order valence-electron chi connectivity index (χ4n) is 1.24. The van der Waals surface area contributed by atoms with E-state index >= 15 is 0 Å². The average molecular weight is 190 g/mol.